The molecule has 0 bridgehead atoms. The Morgan fingerprint density at radius 3 is 1.98 bits per heavy atom. The number of para-hydroxylation sites is 3. The number of rotatable bonds is 11. The van der Waals surface area contributed by atoms with Crippen LogP contribution in [0.3, 0.4) is 0 Å². The van der Waals surface area contributed by atoms with E-state index in [-0.39, 0.29) is 12.1 Å². The van der Waals surface area contributed by atoms with Crippen LogP contribution in [-0.2, 0) is 6.54 Å². The summed E-state index contributed by atoms with van der Waals surface area (Å²) in [4.78, 5) is 7.49. The van der Waals surface area contributed by atoms with E-state index in [4.69, 9.17) is 10.7 Å². The van der Waals surface area contributed by atoms with Gasteiger partial charge in [-0.2, -0.15) is 0 Å². The molecule has 5 nitrogen and oxygen atoms in total. The van der Waals surface area contributed by atoms with Crippen molar-refractivity contribution in [1.82, 2.24) is 5.32 Å². The Morgan fingerprint density at radius 2 is 1.29 bits per heavy atom. The van der Waals surface area contributed by atoms with Crippen LogP contribution >= 0.6 is 0 Å². The number of allylic oxidation sites excluding steroid dienone is 4. The van der Waals surface area contributed by atoms with Crippen LogP contribution in [0.1, 0.15) is 84.0 Å². The summed E-state index contributed by atoms with van der Waals surface area (Å²) in [7, 11) is 0. The molecule has 0 amide bonds. The van der Waals surface area contributed by atoms with Crippen LogP contribution in [-0.4, -0.2) is 5.84 Å². The first-order valence-corrected chi connectivity index (χ1v) is 20.9. The van der Waals surface area contributed by atoms with E-state index in [0.29, 0.717) is 18.3 Å². The van der Waals surface area contributed by atoms with Crippen molar-refractivity contribution in [3.05, 3.63) is 221 Å². The molecular formula is C53H51N5. The normalized spacial score (nSPS) is 17.5. The number of hydrogen-bond donors (Lipinski definition) is 3. The third-order valence-corrected chi connectivity index (χ3v) is 11.9. The van der Waals surface area contributed by atoms with Gasteiger partial charge in [0.25, 0.3) is 0 Å². The van der Waals surface area contributed by atoms with Crippen molar-refractivity contribution in [2.45, 2.75) is 57.2 Å². The van der Waals surface area contributed by atoms with Gasteiger partial charge in [0.2, 0.25) is 0 Å². The second-order valence-electron chi connectivity index (χ2n) is 15.6. The highest BCUT2D eigenvalue weighted by molar-refractivity contribution is 6.06. The van der Waals surface area contributed by atoms with Crippen LogP contribution in [0, 0.1) is 5.92 Å². The Balaban J connectivity index is 1.02. The maximum atomic E-state index is 6.56. The summed E-state index contributed by atoms with van der Waals surface area (Å²) in [5, 5.41) is 7.61. The molecule has 5 heteroatoms. The standard InChI is InChI=1S/C53H51N5/c54-52(42-21-9-3-10-22-42)57-53(55-37-38-17-5-1-6-18-38)43-31-29-39(30-32-43)40-33-35-45(36-34-40)58-48-27-15-13-25-46(48)50(41-19-7-2-8-20-41)51(47-26-14-16-28-49(47)58)56-44-23-11-4-12-24-44/h1,3-6,9-18,21-33,35-36,40-41,53,55-56H,2,7-8,19-20,34,37H2,(H2,54,57). The molecule has 1 fully saturated rings. The van der Waals surface area contributed by atoms with E-state index in [1.165, 1.54) is 82.7 Å². The predicted molar refractivity (Wildman–Crippen MR) is 243 cm³/mol. The van der Waals surface area contributed by atoms with E-state index in [1.54, 1.807) is 0 Å². The highest BCUT2D eigenvalue weighted by Gasteiger charge is 2.33. The monoisotopic (exact) mass is 757 g/mol. The molecule has 1 heterocycles. The quantitative estimate of drug-likeness (QED) is 0.0909. The predicted octanol–water partition coefficient (Wildman–Crippen LogP) is 12.5. The second kappa shape index (κ2) is 17.4. The van der Waals surface area contributed by atoms with Crippen LogP contribution in [0.2, 0.25) is 0 Å². The van der Waals surface area contributed by atoms with Crippen LogP contribution < -0.4 is 21.3 Å². The van der Waals surface area contributed by atoms with Crippen molar-refractivity contribution in [3.8, 4) is 0 Å². The van der Waals surface area contributed by atoms with Gasteiger partial charge >= 0.3 is 0 Å². The fraction of sp³-hybridized carbons (Fsp3) is 0.189. The first-order valence-electron chi connectivity index (χ1n) is 20.9. The lowest BCUT2D eigenvalue weighted by atomic mass is 9.79. The van der Waals surface area contributed by atoms with E-state index < -0.39 is 0 Å². The summed E-state index contributed by atoms with van der Waals surface area (Å²) in [5.41, 5.74) is 21.0. The second-order valence-corrected chi connectivity index (χ2v) is 15.6. The van der Waals surface area contributed by atoms with Crippen molar-refractivity contribution < 1.29 is 0 Å². The lowest BCUT2D eigenvalue weighted by molar-refractivity contribution is 0.430. The molecule has 0 radical (unpaired) electrons. The summed E-state index contributed by atoms with van der Waals surface area (Å²) in [6.45, 7) is 0.683. The van der Waals surface area contributed by atoms with E-state index in [0.717, 1.165) is 23.2 Å². The average Bonchev–Trinajstić information content (AvgIpc) is 3.41. The number of nitrogens with one attached hydrogen (secondary N) is 2. The van der Waals surface area contributed by atoms with Crippen LogP contribution in [0.25, 0.3) is 11.3 Å². The first-order chi connectivity index (χ1) is 28.7. The minimum Gasteiger partial charge on any atom is -0.383 e. The van der Waals surface area contributed by atoms with Gasteiger partial charge in [0, 0.05) is 40.5 Å². The van der Waals surface area contributed by atoms with Crippen LogP contribution in [0.15, 0.2) is 193 Å². The van der Waals surface area contributed by atoms with Gasteiger partial charge in [0.15, 0.2) is 0 Å². The first kappa shape index (κ1) is 37.2. The Labute approximate surface area is 343 Å². The molecule has 0 aromatic heterocycles. The fourth-order valence-corrected chi connectivity index (χ4v) is 8.90. The third-order valence-electron chi connectivity index (χ3n) is 11.9. The lowest BCUT2D eigenvalue weighted by Crippen LogP contribution is -2.24. The van der Waals surface area contributed by atoms with E-state index in [9.17, 15) is 0 Å². The smallest absolute Gasteiger partial charge is 0.128 e. The number of fused-ring (bicyclic) bond motifs is 2. The minimum atomic E-state index is -0.292. The highest BCUT2D eigenvalue weighted by atomic mass is 15.2. The number of amidine groups is 1. The van der Waals surface area contributed by atoms with Crippen molar-refractivity contribution in [1.29, 1.82) is 0 Å². The molecule has 2 unspecified atom stereocenters. The van der Waals surface area contributed by atoms with E-state index >= 15 is 0 Å². The molecule has 4 N–H and O–H groups in total. The largest absolute Gasteiger partial charge is 0.383 e. The molecule has 0 saturated heterocycles. The molecular weight excluding hydrogens is 707 g/mol. The molecule has 2 atom stereocenters. The van der Waals surface area contributed by atoms with Gasteiger partial charge in [-0.1, -0.05) is 171 Å². The molecule has 6 aromatic carbocycles. The van der Waals surface area contributed by atoms with Crippen molar-refractivity contribution in [3.63, 3.8) is 0 Å². The number of benzene rings is 6. The van der Waals surface area contributed by atoms with Crippen molar-refractivity contribution >= 4 is 34.2 Å². The summed E-state index contributed by atoms with van der Waals surface area (Å²) < 4.78 is 0. The van der Waals surface area contributed by atoms with Gasteiger partial charge in [0.05, 0.1) is 17.1 Å². The average molecular weight is 758 g/mol. The molecule has 2 aliphatic carbocycles. The Kier molecular flexibility index (Phi) is 11.1. The Hall–Kier alpha value is -6.43. The number of aliphatic imine (C=N–C) groups is 1. The van der Waals surface area contributed by atoms with Gasteiger partial charge < -0.3 is 16.0 Å². The number of anilines is 3. The molecule has 1 aliphatic heterocycles. The van der Waals surface area contributed by atoms with Gasteiger partial charge in [-0.05, 0) is 77.8 Å². The molecule has 6 aromatic rings. The Bertz CT molecular complexity index is 2440. The van der Waals surface area contributed by atoms with Crippen LogP contribution in [0.5, 0.6) is 0 Å². The topological polar surface area (TPSA) is 65.7 Å². The summed E-state index contributed by atoms with van der Waals surface area (Å²) in [6, 6.07) is 58.0. The van der Waals surface area contributed by atoms with E-state index in [2.05, 4.69) is 161 Å². The lowest BCUT2D eigenvalue weighted by Gasteiger charge is -2.31. The van der Waals surface area contributed by atoms with Gasteiger partial charge in [-0.15, -0.1) is 0 Å². The summed E-state index contributed by atoms with van der Waals surface area (Å²) in [5.74, 6) is 1.27. The SMILES string of the molecule is NC(=NC(NCc1ccccc1)c1ccc(C2C=CC(N3c4ccccc4C(Nc4ccccc4)=C(C4CCCCC4)c4ccccc43)=CC2)cc1)c1ccccc1. The number of hydrogen-bond acceptors (Lipinski definition) is 4. The highest BCUT2D eigenvalue weighted by Crippen LogP contribution is 2.51. The third kappa shape index (κ3) is 8.04. The van der Waals surface area contributed by atoms with Gasteiger partial charge in [0.1, 0.15) is 12.0 Å². The van der Waals surface area contributed by atoms with Crippen molar-refractivity contribution in [2.75, 3.05) is 10.2 Å². The maximum absolute atomic E-state index is 6.56. The zero-order chi connectivity index (χ0) is 39.1. The minimum absolute atomic E-state index is 0.259. The van der Waals surface area contributed by atoms with Gasteiger partial charge in [-0.25, -0.2) is 4.99 Å². The fourth-order valence-electron chi connectivity index (χ4n) is 8.90. The number of nitrogens with two attached hydrogens (primary N) is 1. The van der Waals surface area contributed by atoms with Gasteiger partial charge in [-0.3, -0.25) is 5.32 Å². The van der Waals surface area contributed by atoms with Crippen molar-refractivity contribution in [2.24, 2.45) is 16.6 Å². The molecule has 9 rings (SSSR count). The van der Waals surface area contributed by atoms with E-state index in [1.807, 2.05) is 36.4 Å². The Morgan fingerprint density at radius 1 is 0.672 bits per heavy atom. The molecule has 58 heavy (non-hydrogen) atoms. The molecule has 3 aliphatic rings. The molecule has 0 spiro atoms. The summed E-state index contributed by atoms with van der Waals surface area (Å²) >= 11 is 0. The molecule has 1 saturated carbocycles. The zero-order valence-electron chi connectivity index (χ0n) is 33.0. The molecule has 288 valence electrons. The maximum Gasteiger partial charge on any atom is 0.128 e. The zero-order valence-corrected chi connectivity index (χ0v) is 33.0. The van der Waals surface area contributed by atoms with Crippen LogP contribution in [0.4, 0.5) is 17.1 Å². The number of nitrogens with zero attached hydrogens (tertiary/aromatic N) is 2. The summed E-state index contributed by atoms with van der Waals surface area (Å²) in [6.07, 6.45) is 14.1.